The maximum atomic E-state index is 11.4. The largest absolute Gasteiger partial charge is 0.478 e. The van der Waals surface area contributed by atoms with Crippen LogP contribution in [-0.2, 0) is 9.59 Å². The maximum absolute atomic E-state index is 11.4. The fourth-order valence-corrected chi connectivity index (χ4v) is 1.42. The van der Waals surface area contributed by atoms with Crippen LogP contribution in [0.25, 0.3) is 0 Å². The number of hydrogen-bond donors (Lipinski definition) is 3. The highest BCUT2D eigenvalue weighted by molar-refractivity contribution is 6.09. The number of urea groups is 1. The van der Waals surface area contributed by atoms with Gasteiger partial charge >= 0.3 is 12.0 Å². The second kappa shape index (κ2) is 6.48. The lowest BCUT2D eigenvalue weighted by atomic mass is 10.1. The normalized spacial score (nSPS) is 16.6. The van der Waals surface area contributed by atoms with Crippen molar-refractivity contribution in [3.05, 3.63) is 23.8 Å². The Morgan fingerprint density at radius 2 is 2.26 bits per heavy atom. The first kappa shape index (κ1) is 14.6. The van der Waals surface area contributed by atoms with E-state index in [9.17, 15) is 14.4 Å². The lowest BCUT2D eigenvalue weighted by molar-refractivity contribution is -0.132. The number of aliphatic imine (C=N–C) groups is 1. The van der Waals surface area contributed by atoms with Crippen molar-refractivity contribution in [2.24, 2.45) is 4.99 Å². The Morgan fingerprint density at radius 3 is 2.84 bits per heavy atom. The van der Waals surface area contributed by atoms with Crippen molar-refractivity contribution in [3.8, 4) is 0 Å². The van der Waals surface area contributed by atoms with E-state index >= 15 is 0 Å². The molecular weight excluding hydrogens is 250 g/mol. The van der Waals surface area contributed by atoms with Gasteiger partial charge in [-0.2, -0.15) is 4.99 Å². The fraction of sp³-hybridized carbons (Fsp3) is 0.333. The van der Waals surface area contributed by atoms with Crippen LogP contribution in [0.1, 0.15) is 19.8 Å². The summed E-state index contributed by atoms with van der Waals surface area (Å²) in [4.78, 5) is 36.8. The fourth-order valence-electron chi connectivity index (χ4n) is 1.42. The monoisotopic (exact) mass is 265 g/mol. The van der Waals surface area contributed by atoms with Crippen LogP contribution in [0.4, 0.5) is 4.79 Å². The number of carbonyl (C=O) groups excluding carboxylic acids is 2. The Labute approximate surface area is 110 Å². The number of aliphatic carboxylic acids is 1. The quantitative estimate of drug-likeness (QED) is 0.646. The van der Waals surface area contributed by atoms with Gasteiger partial charge in [-0.15, -0.1) is 0 Å². The molecule has 1 aliphatic rings. The van der Waals surface area contributed by atoms with Crippen LogP contribution in [-0.4, -0.2) is 35.4 Å². The summed E-state index contributed by atoms with van der Waals surface area (Å²) in [5.74, 6) is -1.13. The Morgan fingerprint density at radius 1 is 1.58 bits per heavy atom. The average molecular weight is 265 g/mol. The molecule has 0 aliphatic carbocycles. The molecule has 0 bridgehead atoms. The topological polar surface area (TPSA) is 108 Å². The third kappa shape index (κ3) is 5.15. The molecule has 0 spiro atoms. The summed E-state index contributed by atoms with van der Waals surface area (Å²) in [5.41, 5.74) is 0.826. The molecule has 102 valence electrons. The number of nitrogens with zero attached hydrogens (tertiary/aromatic N) is 1. The highest BCUT2D eigenvalue weighted by atomic mass is 16.4. The zero-order chi connectivity index (χ0) is 14.4. The van der Waals surface area contributed by atoms with Gasteiger partial charge in [0.15, 0.2) is 0 Å². The molecule has 0 saturated heterocycles. The summed E-state index contributed by atoms with van der Waals surface area (Å²) in [6.07, 6.45) is 1.98. The second-order valence-corrected chi connectivity index (χ2v) is 4.11. The highest BCUT2D eigenvalue weighted by Gasteiger charge is 2.13. The summed E-state index contributed by atoms with van der Waals surface area (Å²) in [6.45, 7) is 5.23. The summed E-state index contributed by atoms with van der Waals surface area (Å²) in [6, 6.07) is -0.622. The van der Waals surface area contributed by atoms with Crippen molar-refractivity contribution in [2.75, 3.05) is 6.54 Å². The van der Waals surface area contributed by atoms with Crippen molar-refractivity contribution >= 4 is 23.7 Å². The third-order valence-corrected chi connectivity index (χ3v) is 2.33. The van der Waals surface area contributed by atoms with E-state index in [-0.39, 0.29) is 30.3 Å². The molecule has 0 saturated carbocycles. The van der Waals surface area contributed by atoms with E-state index < -0.39 is 12.0 Å². The number of rotatable bonds is 4. The van der Waals surface area contributed by atoms with Crippen molar-refractivity contribution in [1.29, 1.82) is 0 Å². The first-order valence-electron chi connectivity index (χ1n) is 5.63. The van der Waals surface area contributed by atoms with E-state index in [1.807, 2.05) is 0 Å². The first-order chi connectivity index (χ1) is 8.88. The van der Waals surface area contributed by atoms with Crippen LogP contribution >= 0.6 is 0 Å². The van der Waals surface area contributed by atoms with Gasteiger partial charge in [-0.05, 0) is 13.3 Å². The van der Waals surface area contributed by atoms with E-state index in [1.165, 1.54) is 6.08 Å². The molecule has 3 amide bonds. The summed E-state index contributed by atoms with van der Waals surface area (Å²) in [7, 11) is 0. The van der Waals surface area contributed by atoms with Gasteiger partial charge < -0.3 is 15.7 Å². The van der Waals surface area contributed by atoms with Crippen molar-refractivity contribution in [3.63, 3.8) is 0 Å². The molecule has 0 fully saturated rings. The predicted molar refractivity (Wildman–Crippen MR) is 68.7 cm³/mol. The molecule has 0 atom stereocenters. The van der Waals surface area contributed by atoms with E-state index in [4.69, 9.17) is 5.11 Å². The second-order valence-electron chi connectivity index (χ2n) is 4.11. The van der Waals surface area contributed by atoms with Gasteiger partial charge in [0, 0.05) is 24.6 Å². The molecule has 7 nitrogen and oxygen atoms in total. The first-order valence-corrected chi connectivity index (χ1v) is 5.63. The zero-order valence-corrected chi connectivity index (χ0v) is 10.5. The number of amidine groups is 1. The predicted octanol–water partition coefficient (Wildman–Crippen LogP) is 0.592. The minimum atomic E-state index is -1.10. The molecule has 1 aliphatic heterocycles. The number of hydrogen-bond acceptors (Lipinski definition) is 3. The molecule has 1 rings (SSSR count). The Balaban J connectivity index is 2.43. The van der Waals surface area contributed by atoms with Crippen LogP contribution in [0.3, 0.4) is 0 Å². The molecule has 0 unspecified atom stereocenters. The SMILES string of the molecule is C=C(CCNC(=O)N=C1CC(C)=CC(=O)N1)C(=O)O. The molecule has 7 heteroatoms. The average Bonchev–Trinajstić information content (AvgIpc) is 2.26. The van der Waals surface area contributed by atoms with Gasteiger partial charge in [0.05, 0.1) is 0 Å². The Hall–Kier alpha value is -2.44. The number of amides is 3. The minimum Gasteiger partial charge on any atom is -0.478 e. The van der Waals surface area contributed by atoms with Crippen LogP contribution in [0.5, 0.6) is 0 Å². The molecule has 3 N–H and O–H groups in total. The third-order valence-electron chi connectivity index (χ3n) is 2.33. The standard InChI is InChI=1S/C12H15N3O4/c1-7-5-9(14-10(16)6-7)15-12(19)13-4-3-8(2)11(17)18/h6H,2-5H2,1H3,(H,17,18)(H2,13,14,15,16,19). The molecule has 0 aromatic rings. The lowest BCUT2D eigenvalue weighted by Crippen LogP contribution is -2.35. The zero-order valence-electron chi connectivity index (χ0n) is 10.5. The maximum Gasteiger partial charge on any atom is 0.342 e. The molecule has 0 aromatic heterocycles. The van der Waals surface area contributed by atoms with E-state index in [0.29, 0.717) is 6.42 Å². The Kier molecular flexibility index (Phi) is 4.99. The van der Waals surface area contributed by atoms with Gasteiger partial charge in [-0.3, -0.25) is 4.79 Å². The van der Waals surface area contributed by atoms with Gasteiger partial charge in [0.2, 0.25) is 5.91 Å². The Bertz CT molecular complexity index is 491. The summed E-state index contributed by atoms with van der Waals surface area (Å²) >= 11 is 0. The van der Waals surface area contributed by atoms with Crippen molar-refractivity contribution in [1.82, 2.24) is 10.6 Å². The molecule has 0 aromatic carbocycles. The summed E-state index contributed by atoms with van der Waals surface area (Å²) in [5, 5.41) is 13.5. The summed E-state index contributed by atoms with van der Waals surface area (Å²) < 4.78 is 0. The van der Waals surface area contributed by atoms with E-state index in [0.717, 1.165) is 5.57 Å². The van der Waals surface area contributed by atoms with Crippen LogP contribution < -0.4 is 10.6 Å². The van der Waals surface area contributed by atoms with Crippen LogP contribution in [0.2, 0.25) is 0 Å². The minimum absolute atomic E-state index is 0.0118. The molecular formula is C12H15N3O4. The molecule has 19 heavy (non-hydrogen) atoms. The van der Waals surface area contributed by atoms with Gasteiger partial charge in [0.1, 0.15) is 5.84 Å². The van der Waals surface area contributed by atoms with Gasteiger partial charge in [0.25, 0.3) is 0 Å². The lowest BCUT2D eigenvalue weighted by Gasteiger charge is -2.12. The molecule has 0 radical (unpaired) electrons. The van der Waals surface area contributed by atoms with Gasteiger partial charge in [-0.25, -0.2) is 9.59 Å². The van der Waals surface area contributed by atoms with E-state index in [2.05, 4.69) is 22.2 Å². The highest BCUT2D eigenvalue weighted by Crippen LogP contribution is 2.05. The number of nitrogens with one attached hydrogen (secondary N) is 2. The number of carboxylic acids is 1. The van der Waals surface area contributed by atoms with Crippen LogP contribution in [0.15, 0.2) is 28.8 Å². The number of carbonyl (C=O) groups is 3. The van der Waals surface area contributed by atoms with Gasteiger partial charge in [-0.1, -0.05) is 12.2 Å². The number of carboxylic acid groups (broad SMARTS) is 1. The molecule has 1 heterocycles. The van der Waals surface area contributed by atoms with E-state index in [1.54, 1.807) is 6.92 Å². The van der Waals surface area contributed by atoms with Crippen molar-refractivity contribution < 1.29 is 19.5 Å². The smallest absolute Gasteiger partial charge is 0.342 e. The van der Waals surface area contributed by atoms with Crippen LogP contribution in [0, 0.1) is 0 Å². The van der Waals surface area contributed by atoms with Crippen molar-refractivity contribution in [2.45, 2.75) is 19.8 Å².